The monoisotopic (exact) mass is 1040 g/mol. The molecule has 72 heavy (non-hydrogen) atoms. The van der Waals surface area contributed by atoms with E-state index in [1.807, 2.05) is 21.1 Å². The van der Waals surface area contributed by atoms with Crippen LogP contribution in [-0.4, -0.2) is 74.9 Å². The molecule has 0 saturated carbocycles. The molecule has 9 nitrogen and oxygen atoms in total. The van der Waals surface area contributed by atoms with Crippen LogP contribution in [0.5, 0.6) is 0 Å². The predicted octanol–water partition coefficient (Wildman–Crippen LogP) is 19.8. The Morgan fingerprint density at radius 3 is 0.889 bits per heavy atom. The summed E-state index contributed by atoms with van der Waals surface area (Å²) in [4.78, 5) is 35.7. The minimum atomic E-state index is -4.38. The van der Waals surface area contributed by atoms with Crippen molar-refractivity contribution in [3.05, 3.63) is 0 Å². The third kappa shape index (κ3) is 58.3. The summed E-state index contributed by atoms with van der Waals surface area (Å²) in [6.07, 6.45) is 63.4. The van der Waals surface area contributed by atoms with Crippen molar-refractivity contribution in [3.63, 3.8) is 0 Å². The number of phosphoric ester groups is 1. The number of quaternary nitrogens is 1. The van der Waals surface area contributed by atoms with Crippen LogP contribution in [0.1, 0.15) is 335 Å². The SMILES string of the molecule is CCCCCCCCCCCCCCCCCCCCCCCCCCCCCCCCCC(=O)OC(COC(=O)CCCCCCCCCCCCCCCCCCC)COP(=O)(O)OCC[N+](C)(C)C. The average molecular weight is 1040 g/mol. The first-order valence-electron chi connectivity index (χ1n) is 31.8. The topological polar surface area (TPSA) is 108 Å². The number of hydrogen-bond donors (Lipinski definition) is 1. The first kappa shape index (κ1) is 71.0. The molecule has 0 heterocycles. The minimum Gasteiger partial charge on any atom is -0.462 e. The van der Waals surface area contributed by atoms with Crippen LogP contribution in [0.3, 0.4) is 0 Å². The molecule has 10 heteroatoms. The highest BCUT2D eigenvalue weighted by Gasteiger charge is 2.27. The number of rotatable bonds is 60. The van der Waals surface area contributed by atoms with E-state index in [0.717, 1.165) is 38.5 Å². The van der Waals surface area contributed by atoms with Gasteiger partial charge in [-0.25, -0.2) is 4.57 Å². The third-order valence-corrected chi connectivity index (χ3v) is 15.6. The van der Waals surface area contributed by atoms with Crippen LogP contribution in [0.15, 0.2) is 0 Å². The van der Waals surface area contributed by atoms with Gasteiger partial charge in [0.2, 0.25) is 0 Å². The lowest BCUT2D eigenvalue weighted by Gasteiger charge is -2.24. The fourth-order valence-corrected chi connectivity index (χ4v) is 10.5. The van der Waals surface area contributed by atoms with Crippen LogP contribution in [0.25, 0.3) is 0 Å². The molecule has 430 valence electrons. The van der Waals surface area contributed by atoms with Gasteiger partial charge in [-0.1, -0.05) is 309 Å². The first-order valence-corrected chi connectivity index (χ1v) is 33.3. The largest absolute Gasteiger partial charge is 0.472 e. The molecule has 0 amide bonds. The van der Waals surface area contributed by atoms with Gasteiger partial charge in [0.15, 0.2) is 6.10 Å². The normalized spacial score (nSPS) is 13.1. The standard InChI is InChI=1S/C62H124NO8P/c1-6-8-10-12-14-16-18-20-22-24-25-26-27-28-29-30-31-32-33-34-35-36-37-39-41-43-45-47-49-51-53-55-62(65)71-60(59-70-72(66,67)69-57-56-63(3,4)5)58-68-61(64)54-52-50-48-46-44-42-40-38-23-21-19-17-15-13-11-9-7-2/h60H,6-59H2,1-5H3/p+1. The van der Waals surface area contributed by atoms with Crippen molar-refractivity contribution in [2.24, 2.45) is 0 Å². The van der Waals surface area contributed by atoms with E-state index in [0.29, 0.717) is 17.4 Å². The summed E-state index contributed by atoms with van der Waals surface area (Å²) in [5, 5.41) is 0. The van der Waals surface area contributed by atoms with Gasteiger partial charge in [0.1, 0.15) is 19.8 Å². The second-order valence-electron chi connectivity index (χ2n) is 23.2. The van der Waals surface area contributed by atoms with E-state index in [2.05, 4.69) is 13.8 Å². The Hall–Kier alpha value is -0.990. The second kappa shape index (κ2) is 54.8. The summed E-state index contributed by atoms with van der Waals surface area (Å²) < 4.78 is 34.6. The van der Waals surface area contributed by atoms with E-state index in [1.54, 1.807) is 0 Å². The van der Waals surface area contributed by atoms with Crippen molar-refractivity contribution < 1.29 is 42.1 Å². The molecule has 0 aliphatic heterocycles. The van der Waals surface area contributed by atoms with Crippen LogP contribution in [0, 0.1) is 0 Å². The van der Waals surface area contributed by atoms with Crippen LogP contribution >= 0.6 is 7.82 Å². The number of carbonyl (C=O) groups excluding carboxylic acids is 2. The number of unbranched alkanes of at least 4 members (excludes halogenated alkanes) is 46. The minimum absolute atomic E-state index is 0.0375. The highest BCUT2D eigenvalue weighted by Crippen LogP contribution is 2.43. The maximum atomic E-state index is 12.8. The summed E-state index contributed by atoms with van der Waals surface area (Å²) in [7, 11) is 1.50. The van der Waals surface area contributed by atoms with Gasteiger partial charge >= 0.3 is 19.8 Å². The lowest BCUT2D eigenvalue weighted by atomic mass is 10.0. The Morgan fingerprint density at radius 1 is 0.375 bits per heavy atom. The van der Waals surface area contributed by atoms with E-state index in [4.69, 9.17) is 18.5 Å². The summed E-state index contributed by atoms with van der Waals surface area (Å²) in [5.41, 5.74) is 0. The average Bonchev–Trinajstić information content (AvgIpc) is 3.34. The fraction of sp³-hybridized carbons (Fsp3) is 0.968. The zero-order valence-corrected chi connectivity index (χ0v) is 49.9. The lowest BCUT2D eigenvalue weighted by Crippen LogP contribution is -2.37. The molecule has 2 atom stereocenters. The Bertz CT molecular complexity index is 1180. The van der Waals surface area contributed by atoms with Gasteiger partial charge in [0, 0.05) is 12.8 Å². The molecular formula is C62H125NO8P+. The Morgan fingerprint density at radius 2 is 0.625 bits per heavy atom. The number of phosphoric acid groups is 1. The van der Waals surface area contributed by atoms with Gasteiger partial charge in [-0.05, 0) is 12.8 Å². The molecule has 0 aromatic heterocycles. The van der Waals surface area contributed by atoms with Crippen LogP contribution in [-0.2, 0) is 32.7 Å². The van der Waals surface area contributed by atoms with Gasteiger partial charge in [0.05, 0.1) is 27.7 Å². The zero-order valence-electron chi connectivity index (χ0n) is 49.0. The molecule has 0 aromatic carbocycles. The first-order chi connectivity index (χ1) is 35.0. The lowest BCUT2D eigenvalue weighted by molar-refractivity contribution is -0.870. The molecule has 0 fully saturated rings. The van der Waals surface area contributed by atoms with Gasteiger partial charge in [0.25, 0.3) is 0 Å². The van der Waals surface area contributed by atoms with Crippen molar-refractivity contribution >= 4 is 19.8 Å². The summed E-state index contributed by atoms with van der Waals surface area (Å²) >= 11 is 0. The molecule has 0 aromatic rings. The highest BCUT2D eigenvalue weighted by molar-refractivity contribution is 7.47. The fourth-order valence-electron chi connectivity index (χ4n) is 9.73. The van der Waals surface area contributed by atoms with Gasteiger partial charge in [-0.15, -0.1) is 0 Å². The molecule has 0 spiro atoms. The number of hydrogen-bond acceptors (Lipinski definition) is 7. The Labute approximate surface area is 448 Å². The van der Waals surface area contributed by atoms with E-state index >= 15 is 0 Å². The number of nitrogens with zero attached hydrogens (tertiary/aromatic N) is 1. The van der Waals surface area contributed by atoms with Crippen LogP contribution in [0.2, 0.25) is 0 Å². The quantitative estimate of drug-likeness (QED) is 0.0278. The Balaban J connectivity index is 3.98. The molecule has 0 rings (SSSR count). The predicted molar refractivity (Wildman–Crippen MR) is 308 cm³/mol. The van der Waals surface area contributed by atoms with Crippen LogP contribution < -0.4 is 0 Å². The summed E-state index contributed by atoms with van der Waals surface area (Å²) in [5.74, 6) is -0.772. The molecular weight excluding hydrogens is 918 g/mol. The number of ether oxygens (including phenoxy) is 2. The number of carbonyl (C=O) groups is 2. The second-order valence-corrected chi connectivity index (χ2v) is 24.6. The van der Waals surface area contributed by atoms with E-state index < -0.39 is 26.5 Å². The number of likely N-dealkylation sites (N-methyl/N-ethyl adjacent to an activating group) is 1. The smallest absolute Gasteiger partial charge is 0.462 e. The third-order valence-electron chi connectivity index (χ3n) is 14.6. The van der Waals surface area contributed by atoms with E-state index in [1.165, 1.54) is 270 Å². The van der Waals surface area contributed by atoms with Crippen molar-refractivity contribution in [3.8, 4) is 0 Å². The molecule has 0 aliphatic carbocycles. The van der Waals surface area contributed by atoms with Crippen molar-refractivity contribution in [1.29, 1.82) is 0 Å². The van der Waals surface area contributed by atoms with Crippen molar-refractivity contribution in [2.75, 3.05) is 47.5 Å². The molecule has 2 unspecified atom stereocenters. The number of esters is 2. The molecule has 1 N–H and O–H groups in total. The molecule has 0 saturated heterocycles. The molecule has 0 bridgehead atoms. The van der Waals surface area contributed by atoms with E-state index in [-0.39, 0.29) is 25.6 Å². The zero-order chi connectivity index (χ0) is 52.7. The van der Waals surface area contributed by atoms with Gasteiger partial charge in [-0.2, -0.15) is 0 Å². The summed E-state index contributed by atoms with van der Waals surface area (Å²) in [6.45, 7) is 4.51. The molecule has 0 radical (unpaired) electrons. The Kier molecular flexibility index (Phi) is 54.0. The molecule has 0 aliphatic rings. The van der Waals surface area contributed by atoms with Crippen LogP contribution in [0.4, 0.5) is 0 Å². The van der Waals surface area contributed by atoms with Gasteiger partial charge < -0.3 is 18.9 Å². The van der Waals surface area contributed by atoms with Crippen molar-refractivity contribution in [2.45, 2.75) is 341 Å². The maximum Gasteiger partial charge on any atom is 0.472 e. The maximum absolute atomic E-state index is 12.8. The summed E-state index contributed by atoms with van der Waals surface area (Å²) in [6, 6.07) is 0. The van der Waals surface area contributed by atoms with E-state index in [9.17, 15) is 19.0 Å². The van der Waals surface area contributed by atoms with Crippen molar-refractivity contribution in [1.82, 2.24) is 0 Å². The highest BCUT2D eigenvalue weighted by atomic mass is 31.2. The van der Waals surface area contributed by atoms with Gasteiger partial charge in [-0.3, -0.25) is 18.6 Å².